The minimum absolute atomic E-state index is 0.173. The van der Waals surface area contributed by atoms with Crippen molar-refractivity contribution in [3.63, 3.8) is 0 Å². The Labute approximate surface area is 195 Å². The van der Waals surface area contributed by atoms with Gasteiger partial charge in [0, 0.05) is 0 Å². The van der Waals surface area contributed by atoms with Crippen LogP contribution >= 0.6 is 7.81 Å². The van der Waals surface area contributed by atoms with Crippen molar-refractivity contribution in [2.45, 2.75) is 77.9 Å². The first-order valence-corrected chi connectivity index (χ1v) is 12.8. The van der Waals surface area contributed by atoms with E-state index >= 15 is 0 Å². The Morgan fingerprint density at radius 2 is 0.636 bits per heavy atom. The summed E-state index contributed by atoms with van der Waals surface area (Å²) in [4.78, 5) is 0. The van der Waals surface area contributed by atoms with Gasteiger partial charge in [-0.1, -0.05) is 0 Å². The summed E-state index contributed by atoms with van der Waals surface area (Å²) in [5.41, 5.74) is 12.2. The molecule has 197 valence electrons. The van der Waals surface area contributed by atoms with Crippen LogP contribution in [-0.2, 0) is 14.7 Å². The van der Waals surface area contributed by atoms with E-state index in [0.717, 1.165) is 0 Å². The molecule has 0 aliphatic heterocycles. The molecule has 2 rings (SSSR count). The summed E-state index contributed by atoms with van der Waals surface area (Å²) >= 11 is 1.55. The van der Waals surface area contributed by atoms with E-state index in [9.17, 15) is 42.4 Å². The van der Waals surface area contributed by atoms with E-state index in [2.05, 4.69) is 69.2 Å². The van der Waals surface area contributed by atoms with Crippen molar-refractivity contribution in [1.82, 2.24) is 0 Å². The Kier molecular flexibility index (Phi) is 8.54. The molecular weight excluding hydrogens is 531 g/mol. The molecule has 0 amide bonds. The van der Waals surface area contributed by atoms with Crippen molar-refractivity contribution >= 4 is 15.1 Å². The molecule has 0 bridgehead atoms. The first-order valence-electron chi connectivity index (χ1n) is 9.72. The summed E-state index contributed by atoms with van der Waals surface area (Å²) in [5, 5.41) is 0. The normalized spacial score (nSPS) is 22.5. The van der Waals surface area contributed by atoms with E-state index in [1.807, 2.05) is 0 Å². The molecule has 0 nitrogen and oxygen atoms in total. The molecule has 0 N–H and O–H groups in total. The number of halogens is 10. The first-order chi connectivity index (χ1) is 13.9. The predicted molar refractivity (Wildman–Crippen MR) is 114 cm³/mol. The van der Waals surface area contributed by atoms with Crippen LogP contribution in [-0.4, -0.2) is 7.25 Å². The second-order valence-corrected chi connectivity index (χ2v) is 12.7. The molecule has 0 spiro atoms. The molecular formula is C20H30BCoF10P. The molecule has 0 aromatic rings. The maximum atomic E-state index is 9.87. The molecule has 0 saturated heterocycles. The van der Waals surface area contributed by atoms with E-state index in [1.54, 1.807) is 37.0 Å². The molecule has 13 heteroatoms. The molecule has 0 radical (unpaired) electrons. The van der Waals surface area contributed by atoms with Gasteiger partial charge in [0.25, 0.3) is 0 Å². The molecule has 0 aromatic carbocycles. The summed E-state index contributed by atoms with van der Waals surface area (Å²) in [7, 11) is -16.7. The Morgan fingerprint density at radius 1 is 0.515 bits per heavy atom. The number of hydrogen-bond acceptors (Lipinski definition) is 0. The van der Waals surface area contributed by atoms with Gasteiger partial charge in [0.1, 0.15) is 0 Å². The van der Waals surface area contributed by atoms with E-state index in [1.165, 1.54) is 22.3 Å². The Morgan fingerprint density at radius 3 is 0.758 bits per heavy atom. The molecule has 2 aliphatic carbocycles. The summed E-state index contributed by atoms with van der Waals surface area (Å²) in [6.07, 6.45) is 0. The van der Waals surface area contributed by atoms with Crippen LogP contribution in [0.15, 0.2) is 44.6 Å². The first kappa shape index (κ1) is 32.3. The quantitative estimate of drug-likeness (QED) is 0.179. The summed E-state index contributed by atoms with van der Waals surface area (Å²) < 4.78 is 98.5. The topological polar surface area (TPSA) is 0 Å². The van der Waals surface area contributed by atoms with Gasteiger partial charge in [-0.3, -0.25) is 0 Å². The third kappa shape index (κ3) is 9.44. The van der Waals surface area contributed by atoms with E-state index in [0.29, 0.717) is 0 Å². The van der Waals surface area contributed by atoms with Gasteiger partial charge in [-0.15, -0.1) is 0 Å². The molecule has 0 atom stereocenters. The van der Waals surface area contributed by atoms with Gasteiger partial charge < -0.3 is 17.3 Å². The van der Waals surface area contributed by atoms with Gasteiger partial charge in [0.15, 0.2) is 0 Å². The van der Waals surface area contributed by atoms with Crippen LogP contribution in [0.2, 0.25) is 8.70 Å². The fourth-order valence-electron chi connectivity index (χ4n) is 3.65. The molecule has 0 unspecified atom stereocenters. The maximum absolute atomic E-state index is 10.7. The average Bonchev–Trinajstić information content (AvgIpc) is 2.78. The van der Waals surface area contributed by atoms with Crippen molar-refractivity contribution in [2.24, 2.45) is 0 Å². The summed E-state index contributed by atoms with van der Waals surface area (Å²) in [5.74, 6) is 0. The monoisotopic (exact) mass is 561 g/mol. The number of allylic oxidation sites excluding steroid dienone is 8. The molecule has 0 fully saturated rings. The second kappa shape index (κ2) is 8.73. The van der Waals surface area contributed by atoms with E-state index in [4.69, 9.17) is 0 Å². The third-order valence-electron chi connectivity index (χ3n) is 6.46. The fourth-order valence-corrected chi connectivity index (χ4v) is 6.25. The van der Waals surface area contributed by atoms with Gasteiger partial charge >= 0.3 is 177 Å². The van der Waals surface area contributed by atoms with Crippen molar-refractivity contribution in [3.05, 3.63) is 44.6 Å². The zero-order chi connectivity index (χ0) is 27.2. The number of rotatable bonds is 2. The van der Waals surface area contributed by atoms with Gasteiger partial charge in [0.2, 0.25) is 0 Å². The molecule has 0 aromatic heterocycles. The van der Waals surface area contributed by atoms with Crippen molar-refractivity contribution in [3.8, 4) is 0 Å². The van der Waals surface area contributed by atoms with Crippen LogP contribution in [0.25, 0.3) is 0 Å². The summed E-state index contributed by atoms with van der Waals surface area (Å²) in [6, 6.07) is 0. The van der Waals surface area contributed by atoms with Crippen molar-refractivity contribution < 1.29 is 57.1 Å². The molecule has 33 heavy (non-hydrogen) atoms. The van der Waals surface area contributed by atoms with Crippen LogP contribution in [0.4, 0.5) is 42.4 Å². The van der Waals surface area contributed by atoms with Crippen LogP contribution in [0.5, 0.6) is 0 Å². The van der Waals surface area contributed by atoms with Gasteiger partial charge in [-0.25, -0.2) is 0 Å². The SMILES string of the molecule is CC1=C(C)[C](C)([Co+2][C]2(C)C(C)=C(C)C(C)=C2C)C(C)=C1C.F[B-](F)(F)F.F[P-](F)(F)(F)(F)F. The van der Waals surface area contributed by atoms with Crippen LogP contribution in [0.1, 0.15) is 69.2 Å². The third-order valence-corrected chi connectivity index (χ3v) is 9.06. The molecule has 0 heterocycles. The second-order valence-electron chi connectivity index (χ2n) is 8.45. The Hall–Kier alpha value is -0.739. The van der Waals surface area contributed by atoms with Gasteiger partial charge in [0.05, 0.1) is 0 Å². The Bertz CT molecular complexity index is 813. The summed E-state index contributed by atoms with van der Waals surface area (Å²) in [6.45, 7) is 23.3. The van der Waals surface area contributed by atoms with Gasteiger partial charge in [-0.2, -0.15) is 0 Å². The van der Waals surface area contributed by atoms with E-state index < -0.39 is 15.1 Å². The Balaban J connectivity index is 0.000000706. The van der Waals surface area contributed by atoms with Crippen LogP contribution in [0.3, 0.4) is 0 Å². The number of hydrogen-bond donors (Lipinski definition) is 0. The van der Waals surface area contributed by atoms with Gasteiger partial charge in [-0.05, 0) is 0 Å². The molecule has 2 aliphatic rings. The zero-order valence-electron chi connectivity index (χ0n) is 20.1. The zero-order valence-corrected chi connectivity index (χ0v) is 22.1. The minimum atomic E-state index is -10.7. The molecule has 0 saturated carbocycles. The van der Waals surface area contributed by atoms with E-state index in [-0.39, 0.29) is 8.70 Å². The van der Waals surface area contributed by atoms with Crippen molar-refractivity contribution in [2.75, 3.05) is 0 Å². The fraction of sp³-hybridized carbons (Fsp3) is 0.600. The average molecular weight is 561 g/mol. The van der Waals surface area contributed by atoms with Crippen molar-refractivity contribution in [1.29, 1.82) is 0 Å². The standard InChI is InChI=1S/2C10H15.BF4.Co.F6P/c2*1-6-7(2)9(4)10(5)8(6)3;2-1(3,4)5;;1-7(2,3,4,5)6/h2*1-5H3;;;/q;;-1;+2;-1. The predicted octanol–water partition coefficient (Wildman–Crippen LogP) is 11.5. The van der Waals surface area contributed by atoms with Crippen LogP contribution < -0.4 is 0 Å². The van der Waals surface area contributed by atoms with Crippen LogP contribution in [0, 0.1) is 0 Å².